The van der Waals surface area contributed by atoms with Crippen molar-refractivity contribution in [2.24, 2.45) is 4.99 Å². The van der Waals surface area contributed by atoms with Crippen LogP contribution in [0.1, 0.15) is 31.4 Å². The first-order valence-corrected chi connectivity index (χ1v) is 10.3. The van der Waals surface area contributed by atoms with E-state index in [0.717, 1.165) is 50.7 Å². The Kier molecular flexibility index (Phi) is 8.98. The topological polar surface area (TPSA) is 52.6 Å². The molecule has 24 heavy (non-hydrogen) atoms. The molecule has 2 rings (SSSR count). The Hall–Kier alpha value is -1.27. The highest BCUT2D eigenvalue weighted by atomic mass is 32.2. The van der Waals surface area contributed by atoms with E-state index in [1.54, 1.807) is 0 Å². The smallest absolute Gasteiger partial charge is 0.191 e. The molecule has 134 valence electrons. The van der Waals surface area contributed by atoms with Crippen molar-refractivity contribution >= 4 is 17.7 Å². The number of aliphatic imine (C=N–C) groups is 1. The van der Waals surface area contributed by atoms with Crippen molar-refractivity contribution in [1.82, 2.24) is 20.5 Å². The van der Waals surface area contributed by atoms with Crippen molar-refractivity contribution in [3.63, 3.8) is 0 Å². The number of likely N-dealkylation sites (tertiary alicyclic amines) is 1. The molecule has 1 aliphatic heterocycles. The Morgan fingerprint density at radius 1 is 1.33 bits per heavy atom. The highest BCUT2D eigenvalue weighted by Gasteiger charge is 2.20. The zero-order valence-corrected chi connectivity index (χ0v) is 15.8. The molecule has 0 spiro atoms. The lowest BCUT2D eigenvalue weighted by molar-refractivity contribution is 0.196. The molecule has 0 saturated carbocycles. The van der Waals surface area contributed by atoms with Crippen LogP contribution in [0.25, 0.3) is 0 Å². The second-order valence-corrected chi connectivity index (χ2v) is 7.20. The van der Waals surface area contributed by atoms with Gasteiger partial charge in [-0.1, -0.05) is 6.07 Å². The predicted octanol–water partition coefficient (Wildman–Crippen LogP) is 2.35. The summed E-state index contributed by atoms with van der Waals surface area (Å²) in [7, 11) is 1.85. The van der Waals surface area contributed by atoms with Gasteiger partial charge in [0.25, 0.3) is 0 Å². The van der Waals surface area contributed by atoms with Gasteiger partial charge in [0.05, 0.1) is 5.69 Å². The molecule has 0 bridgehead atoms. The Labute approximate surface area is 150 Å². The molecule has 1 aromatic heterocycles. The maximum Gasteiger partial charge on any atom is 0.191 e. The van der Waals surface area contributed by atoms with Crippen molar-refractivity contribution in [2.75, 3.05) is 38.7 Å². The second kappa shape index (κ2) is 11.3. The van der Waals surface area contributed by atoms with Crippen LogP contribution in [0.2, 0.25) is 0 Å². The summed E-state index contributed by atoms with van der Waals surface area (Å²) in [5.41, 5.74) is 1.16. The van der Waals surface area contributed by atoms with Gasteiger partial charge in [-0.2, -0.15) is 11.8 Å². The van der Waals surface area contributed by atoms with Gasteiger partial charge >= 0.3 is 0 Å². The largest absolute Gasteiger partial charge is 0.356 e. The van der Waals surface area contributed by atoms with Crippen molar-refractivity contribution in [3.05, 3.63) is 30.1 Å². The third kappa shape index (κ3) is 7.09. The molecule has 1 fully saturated rings. The SMILES string of the molecule is CN=C(NCCCCSC)NC1CCN(Cc2ccccn2)CC1. The van der Waals surface area contributed by atoms with Crippen LogP contribution in [0.3, 0.4) is 0 Å². The number of unbranched alkanes of at least 4 members (excludes halogenated alkanes) is 1. The first-order chi connectivity index (χ1) is 11.8. The molecule has 0 aromatic carbocycles. The highest BCUT2D eigenvalue weighted by Crippen LogP contribution is 2.12. The number of rotatable bonds is 8. The molecule has 0 unspecified atom stereocenters. The van der Waals surface area contributed by atoms with E-state index in [-0.39, 0.29) is 0 Å². The lowest BCUT2D eigenvalue weighted by atomic mass is 10.0. The van der Waals surface area contributed by atoms with Crippen LogP contribution in [0.4, 0.5) is 0 Å². The number of pyridine rings is 1. The van der Waals surface area contributed by atoms with Crippen LogP contribution < -0.4 is 10.6 Å². The average molecular weight is 350 g/mol. The van der Waals surface area contributed by atoms with Crippen LogP contribution in [0.5, 0.6) is 0 Å². The summed E-state index contributed by atoms with van der Waals surface area (Å²) in [6.07, 6.45) is 8.80. The molecule has 1 aromatic rings. The molecule has 0 amide bonds. The minimum atomic E-state index is 0.516. The second-order valence-electron chi connectivity index (χ2n) is 6.21. The van der Waals surface area contributed by atoms with Crippen LogP contribution >= 0.6 is 11.8 Å². The quantitative estimate of drug-likeness (QED) is 0.429. The summed E-state index contributed by atoms with van der Waals surface area (Å²) in [5.74, 6) is 2.19. The van der Waals surface area contributed by atoms with E-state index in [4.69, 9.17) is 0 Å². The average Bonchev–Trinajstić information content (AvgIpc) is 2.63. The van der Waals surface area contributed by atoms with Crippen LogP contribution in [0.15, 0.2) is 29.4 Å². The molecule has 0 atom stereocenters. The van der Waals surface area contributed by atoms with Crippen molar-refractivity contribution in [1.29, 1.82) is 0 Å². The summed E-state index contributed by atoms with van der Waals surface area (Å²) in [5, 5.41) is 7.01. The predicted molar refractivity (Wildman–Crippen MR) is 105 cm³/mol. The zero-order valence-electron chi connectivity index (χ0n) is 15.0. The molecule has 0 radical (unpaired) electrons. The van der Waals surface area contributed by atoms with E-state index < -0.39 is 0 Å². The molecule has 1 aliphatic rings. The summed E-state index contributed by atoms with van der Waals surface area (Å²) in [4.78, 5) is 11.3. The summed E-state index contributed by atoms with van der Waals surface area (Å²) < 4.78 is 0. The van der Waals surface area contributed by atoms with Gasteiger partial charge < -0.3 is 10.6 Å². The van der Waals surface area contributed by atoms with E-state index in [0.29, 0.717) is 6.04 Å². The van der Waals surface area contributed by atoms with E-state index in [1.165, 1.54) is 18.6 Å². The Bertz CT molecular complexity index is 472. The Morgan fingerprint density at radius 3 is 2.83 bits per heavy atom. The number of nitrogens with one attached hydrogen (secondary N) is 2. The molecular formula is C18H31N5S. The minimum absolute atomic E-state index is 0.516. The number of aromatic nitrogens is 1. The fourth-order valence-corrected chi connectivity index (χ4v) is 3.42. The zero-order chi connectivity index (χ0) is 17.0. The number of thioether (sulfide) groups is 1. The molecule has 1 saturated heterocycles. The normalized spacial score (nSPS) is 17.0. The first kappa shape index (κ1) is 19.1. The Morgan fingerprint density at radius 2 is 2.17 bits per heavy atom. The lowest BCUT2D eigenvalue weighted by Crippen LogP contribution is -2.48. The van der Waals surface area contributed by atoms with Gasteiger partial charge in [-0.15, -0.1) is 0 Å². The molecule has 0 aliphatic carbocycles. The molecule has 2 N–H and O–H groups in total. The fourth-order valence-electron chi connectivity index (χ4n) is 2.92. The van der Waals surface area contributed by atoms with Gasteiger partial charge in [-0.25, -0.2) is 0 Å². The number of hydrogen-bond acceptors (Lipinski definition) is 4. The summed E-state index contributed by atoms with van der Waals surface area (Å²) in [6, 6.07) is 6.65. The van der Waals surface area contributed by atoms with Crippen molar-refractivity contribution < 1.29 is 0 Å². The number of hydrogen-bond donors (Lipinski definition) is 2. The minimum Gasteiger partial charge on any atom is -0.356 e. The lowest BCUT2D eigenvalue weighted by Gasteiger charge is -2.32. The monoisotopic (exact) mass is 349 g/mol. The van der Waals surface area contributed by atoms with E-state index in [2.05, 4.69) is 43.9 Å². The van der Waals surface area contributed by atoms with Gasteiger partial charge in [-0.3, -0.25) is 14.9 Å². The Balaban J connectivity index is 1.64. The van der Waals surface area contributed by atoms with Crippen LogP contribution in [-0.2, 0) is 6.54 Å². The van der Waals surface area contributed by atoms with Crippen LogP contribution in [0, 0.1) is 0 Å². The van der Waals surface area contributed by atoms with E-state index in [1.807, 2.05) is 31.1 Å². The molecule has 2 heterocycles. The fraction of sp³-hybridized carbons (Fsp3) is 0.667. The maximum atomic E-state index is 4.42. The molecule has 5 nitrogen and oxygen atoms in total. The van der Waals surface area contributed by atoms with Crippen molar-refractivity contribution in [3.8, 4) is 0 Å². The molecule has 6 heteroatoms. The maximum absolute atomic E-state index is 4.42. The van der Waals surface area contributed by atoms with E-state index >= 15 is 0 Å². The third-order valence-corrected chi connectivity index (χ3v) is 5.03. The standard InChI is InChI=1S/C18H31N5S/c1-19-18(21-11-5-6-14-24-2)22-16-8-12-23(13-9-16)15-17-7-3-4-10-20-17/h3-4,7,10,16H,5-6,8-9,11-15H2,1-2H3,(H2,19,21,22). The van der Waals surface area contributed by atoms with Gasteiger partial charge in [0.1, 0.15) is 0 Å². The van der Waals surface area contributed by atoms with Crippen LogP contribution in [-0.4, -0.2) is 60.6 Å². The number of nitrogens with zero attached hydrogens (tertiary/aromatic N) is 3. The van der Waals surface area contributed by atoms with Gasteiger partial charge in [0.15, 0.2) is 5.96 Å². The highest BCUT2D eigenvalue weighted by molar-refractivity contribution is 7.98. The van der Waals surface area contributed by atoms with Crippen molar-refractivity contribution in [2.45, 2.75) is 38.3 Å². The first-order valence-electron chi connectivity index (χ1n) is 8.90. The van der Waals surface area contributed by atoms with Gasteiger partial charge in [-0.05, 0) is 49.8 Å². The third-order valence-electron chi connectivity index (χ3n) is 4.33. The number of guanidine groups is 1. The number of piperidine rings is 1. The summed E-state index contributed by atoms with van der Waals surface area (Å²) >= 11 is 1.91. The van der Waals surface area contributed by atoms with E-state index in [9.17, 15) is 0 Å². The van der Waals surface area contributed by atoms with Gasteiger partial charge in [0.2, 0.25) is 0 Å². The summed E-state index contributed by atoms with van der Waals surface area (Å²) in [6.45, 7) is 4.17. The van der Waals surface area contributed by atoms with Gasteiger partial charge in [0, 0.05) is 45.5 Å². The molecular weight excluding hydrogens is 318 g/mol.